The maximum Gasteiger partial charge on any atom is 0.276 e. The Kier molecular flexibility index (Phi) is 7.17. The number of carbonyl (C=O) groups is 1. The van der Waals surface area contributed by atoms with E-state index in [-0.39, 0.29) is 5.91 Å². The number of rotatable bonds is 8. The van der Waals surface area contributed by atoms with Gasteiger partial charge in [0.15, 0.2) is 11.3 Å². The molecule has 0 unspecified atom stereocenters. The van der Waals surface area contributed by atoms with Crippen LogP contribution >= 0.6 is 0 Å². The van der Waals surface area contributed by atoms with Crippen molar-refractivity contribution in [1.29, 1.82) is 0 Å². The summed E-state index contributed by atoms with van der Waals surface area (Å²) < 4.78 is 1.63. The number of anilines is 4. The van der Waals surface area contributed by atoms with Gasteiger partial charge in [0.1, 0.15) is 5.82 Å². The van der Waals surface area contributed by atoms with E-state index in [4.69, 9.17) is 5.10 Å². The standard InChI is InChI=1S/C29H34N8O/c38-29(34-24-12-14-30-15-13-24)26-19-31-28-25(18-27(35-37(26)28)33-22-6-2-1-3-7-22)32-23-10-8-21(9-11-23)20-36-16-4-5-17-36/h8-15,18-19,22,32H,1-7,16-17,20H2,(H,33,35)(H,30,34,38). The van der Waals surface area contributed by atoms with Crippen molar-refractivity contribution in [3.05, 3.63) is 72.3 Å². The zero-order valence-electron chi connectivity index (χ0n) is 21.6. The van der Waals surface area contributed by atoms with Gasteiger partial charge in [-0.2, -0.15) is 0 Å². The van der Waals surface area contributed by atoms with Gasteiger partial charge in [-0.3, -0.25) is 14.7 Å². The van der Waals surface area contributed by atoms with E-state index in [1.54, 1.807) is 35.2 Å². The van der Waals surface area contributed by atoms with E-state index >= 15 is 0 Å². The number of carbonyl (C=O) groups excluding carboxylic acids is 1. The molecule has 3 N–H and O–H groups in total. The lowest BCUT2D eigenvalue weighted by Crippen LogP contribution is -2.24. The lowest BCUT2D eigenvalue weighted by molar-refractivity contribution is 0.102. The first kappa shape index (κ1) is 24.4. The van der Waals surface area contributed by atoms with Crippen LogP contribution in [0.3, 0.4) is 0 Å². The number of nitrogens with one attached hydrogen (secondary N) is 3. The van der Waals surface area contributed by atoms with E-state index < -0.39 is 0 Å². The van der Waals surface area contributed by atoms with E-state index in [1.807, 2.05) is 6.07 Å². The lowest BCUT2D eigenvalue weighted by atomic mass is 9.95. The summed E-state index contributed by atoms with van der Waals surface area (Å²) in [4.78, 5) is 24.3. The highest BCUT2D eigenvalue weighted by Gasteiger charge is 2.20. The number of nitrogens with zero attached hydrogens (tertiary/aromatic N) is 5. The lowest BCUT2D eigenvalue weighted by Gasteiger charge is -2.23. The summed E-state index contributed by atoms with van der Waals surface area (Å²) in [6, 6.07) is 14.5. The smallest absolute Gasteiger partial charge is 0.276 e. The summed E-state index contributed by atoms with van der Waals surface area (Å²) in [5.74, 6) is 0.455. The molecular weight excluding hydrogens is 476 g/mol. The van der Waals surface area contributed by atoms with Crippen molar-refractivity contribution in [1.82, 2.24) is 24.5 Å². The molecule has 3 aromatic heterocycles. The summed E-state index contributed by atoms with van der Waals surface area (Å²) in [5.41, 5.74) is 4.72. The predicted octanol–water partition coefficient (Wildman–Crippen LogP) is 5.46. The number of amides is 1. The van der Waals surface area contributed by atoms with Crippen molar-refractivity contribution in [2.45, 2.75) is 57.5 Å². The number of hydrogen-bond donors (Lipinski definition) is 3. The van der Waals surface area contributed by atoms with Crippen molar-refractivity contribution in [3.8, 4) is 0 Å². The van der Waals surface area contributed by atoms with Crippen molar-refractivity contribution in [2.75, 3.05) is 29.0 Å². The number of aromatic nitrogens is 4. The van der Waals surface area contributed by atoms with Gasteiger partial charge < -0.3 is 16.0 Å². The number of likely N-dealkylation sites (tertiary alicyclic amines) is 1. The molecule has 4 heterocycles. The van der Waals surface area contributed by atoms with Gasteiger partial charge >= 0.3 is 0 Å². The van der Waals surface area contributed by atoms with Crippen LogP contribution < -0.4 is 16.0 Å². The highest BCUT2D eigenvalue weighted by atomic mass is 16.2. The monoisotopic (exact) mass is 510 g/mol. The average molecular weight is 511 g/mol. The van der Waals surface area contributed by atoms with E-state index in [0.717, 1.165) is 36.6 Å². The van der Waals surface area contributed by atoms with Gasteiger partial charge in [0.2, 0.25) is 0 Å². The van der Waals surface area contributed by atoms with Gasteiger partial charge in [-0.1, -0.05) is 31.4 Å². The number of imidazole rings is 1. The van der Waals surface area contributed by atoms with Crippen LogP contribution in [-0.4, -0.2) is 49.5 Å². The van der Waals surface area contributed by atoms with Crippen LogP contribution in [-0.2, 0) is 6.54 Å². The number of pyridine rings is 1. The molecule has 9 heteroatoms. The minimum Gasteiger partial charge on any atom is -0.366 e. The molecule has 1 saturated carbocycles. The second-order valence-corrected chi connectivity index (χ2v) is 10.3. The molecule has 4 aromatic rings. The zero-order valence-corrected chi connectivity index (χ0v) is 21.6. The molecule has 0 spiro atoms. The van der Waals surface area contributed by atoms with Gasteiger partial charge in [-0.05, 0) is 68.6 Å². The summed E-state index contributed by atoms with van der Waals surface area (Å²) in [7, 11) is 0. The Hall–Kier alpha value is -3.98. The second-order valence-electron chi connectivity index (χ2n) is 10.3. The third-order valence-corrected chi connectivity index (χ3v) is 7.43. The molecule has 2 fully saturated rings. The fourth-order valence-electron chi connectivity index (χ4n) is 5.42. The molecule has 6 rings (SSSR count). The molecule has 2 aliphatic rings. The Balaban J connectivity index is 1.28. The quantitative estimate of drug-likeness (QED) is 0.289. The molecule has 1 amide bonds. The molecule has 38 heavy (non-hydrogen) atoms. The van der Waals surface area contributed by atoms with Gasteiger partial charge in [0.05, 0.1) is 11.9 Å². The van der Waals surface area contributed by atoms with Crippen LogP contribution in [0.1, 0.15) is 61.0 Å². The first-order valence-corrected chi connectivity index (χ1v) is 13.7. The van der Waals surface area contributed by atoms with E-state index in [1.165, 1.54) is 50.8 Å². The number of fused-ring (bicyclic) bond motifs is 1. The molecule has 1 aliphatic heterocycles. The molecule has 0 atom stereocenters. The molecule has 0 radical (unpaired) electrons. The van der Waals surface area contributed by atoms with Gasteiger partial charge in [0, 0.05) is 42.4 Å². The Bertz CT molecular complexity index is 1370. The number of hydrogen-bond acceptors (Lipinski definition) is 7. The third-order valence-electron chi connectivity index (χ3n) is 7.43. The van der Waals surface area contributed by atoms with Crippen LogP contribution in [0.4, 0.5) is 22.9 Å². The first-order chi connectivity index (χ1) is 18.7. The Morgan fingerprint density at radius 2 is 1.68 bits per heavy atom. The predicted molar refractivity (Wildman–Crippen MR) is 150 cm³/mol. The minimum absolute atomic E-state index is 0.275. The molecule has 9 nitrogen and oxygen atoms in total. The summed E-state index contributed by atoms with van der Waals surface area (Å²) in [6.45, 7) is 3.36. The Morgan fingerprint density at radius 3 is 2.45 bits per heavy atom. The van der Waals surface area contributed by atoms with Crippen LogP contribution in [0, 0.1) is 0 Å². The summed E-state index contributed by atoms with van der Waals surface area (Å²) in [6.07, 6.45) is 13.4. The third kappa shape index (κ3) is 5.62. The van der Waals surface area contributed by atoms with Crippen molar-refractivity contribution in [3.63, 3.8) is 0 Å². The fraction of sp³-hybridized carbons (Fsp3) is 0.379. The average Bonchev–Trinajstić information content (AvgIpc) is 3.61. The van der Waals surface area contributed by atoms with Crippen LogP contribution in [0.5, 0.6) is 0 Å². The van der Waals surface area contributed by atoms with Crippen LogP contribution in [0.2, 0.25) is 0 Å². The molecule has 1 saturated heterocycles. The number of benzene rings is 1. The highest BCUT2D eigenvalue weighted by Crippen LogP contribution is 2.27. The Labute approximate surface area is 222 Å². The van der Waals surface area contributed by atoms with Gasteiger partial charge in [-0.15, -0.1) is 5.10 Å². The van der Waals surface area contributed by atoms with E-state index in [9.17, 15) is 4.79 Å². The van der Waals surface area contributed by atoms with Gasteiger partial charge in [-0.25, -0.2) is 9.50 Å². The molecule has 1 aliphatic carbocycles. The highest BCUT2D eigenvalue weighted by molar-refractivity contribution is 6.03. The van der Waals surface area contributed by atoms with Crippen molar-refractivity contribution < 1.29 is 4.79 Å². The van der Waals surface area contributed by atoms with Gasteiger partial charge in [0.25, 0.3) is 5.91 Å². The molecule has 196 valence electrons. The van der Waals surface area contributed by atoms with E-state index in [0.29, 0.717) is 23.1 Å². The SMILES string of the molecule is O=C(Nc1ccncc1)c1cnc2c(Nc3ccc(CN4CCCC4)cc3)cc(NC3CCCCC3)nn12. The van der Waals surface area contributed by atoms with Crippen molar-refractivity contribution >= 4 is 34.4 Å². The zero-order chi connectivity index (χ0) is 25.7. The molecular formula is C29H34N8O. The fourth-order valence-corrected chi connectivity index (χ4v) is 5.42. The summed E-state index contributed by atoms with van der Waals surface area (Å²) >= 11 is 0. The maximum atomic E-state index is 13.2. The molecule has 1 aromatic carbocycles. The second kappa shape index (κ2) is 11.2. The van der Waals surface area contributed by atoms with Crippen LogP contribution in [0.15, 0.2) is 61.1 Å². The minimum atomic E-state index is -0.275. The first-order valence-electron chi connectivity index (χ1n) is 13.7. The topological polar surface area (TPSA) is 99.5 Å². The van der Waals surface area contributed by atoms with Crippen LogP contribution in [0.25, 0.3) is 5.65 Å². The normalized spacial score (nSPS) is 16.5. The molecule has 0 bridgehead atoms. The Morgan fingerprint density at radius 1 is 0.921 bits per heavy atom. The maximum absolute atomic E-state index is 13.2. The van der Waals surface area contributed by atoms with E-state index in [2.05, 4.69) is 55.1 Å². The largest absolute Gasteiger partial charge is 0.366 e. The van der Waals surface area contributed by atoms with Crippen molar-refractivity contribution in [2.24, 2.45) is 0 Å². The summed E-state index contributed by atoms with van der Waals surface area (Å²) in [5, 5.41) is 14.8.